The van der Waals surface area contributed by atoms with Gasteiger partial charge in [-0.1, -0.05) is 18.2 Å². The maximum Gasteiger partial charge on any atom is 0.328 e. The van der Waals surface area contributed by atoms with E-state index in [9.17, 15) is 9.59 Å². The predicted molar refractivity (Wildman–Crippen MR) is 112 cm³/mol. The van der Waals surface area contributed by atoms with E-state index in [0.717, 1.165) is 31.4 Å². The highest BCUT2D eigenvalue weighted by molar-refractivity contribution is 5.89. The number of benzene rings is 1. The Morgan fingerprint density at radius 1 is 1.00 bits per heavy atom. The molecule has 0 spiro atoms. The van der Waals surface area contributed by atoms with E-state index in [1.807, 2.05) is 0 Å². The topological polar surface area (TPSA) is 117 Å². The summed E-state index contributed by atoms with van der Waals surface area (Å²) in [5.41, 5.74) is 10.3. The molecule has 29 heavy (non-hydrogen) atoms. The van der Waals surface area contributed by atoms with Gasteiger partial charge in [-0.3, -0.25) is 0 Å². The van der Waals surface area contributed by atoms with Crippen molar-refractivity contribution in [1.29, 1.82) is 0 Å². The summed E-state index contributed by atoms with van der Waals surface area (Å²) < 4.78 is 0. The van der Waals surface area contributed by atoms with Gasteiger partial charge in [-0.25, -0.2) is 14.6 Å². The van der Waals surface area contributed by atoms with E-state index < -0.39 is 11.9 Å². The number of hydrogen-bond donors (Lipinski definition) is 3. The van der Waals surface area contributed by atoms with Gasteiger partial charge in [-0.15, -0.1) is 0 Å². The van der Waals surface area contributed by atoms with Crippen LogP contribution in [0.1, 0.15) is 36.8 Å². The monoisotopic (exact) mass is 397 g/mol. The molecule has 1 aliphatic carbocycles. The SMILES string of the molecule is NC1CCN(c2nc3ccccc3c3c2CCCC3)CC1.O=C(O)/C=C/C(=O)O. The van der Waals surface area contributed by atoms with E-state index in [0.29, 0.717) is 18.2 Å². The lowest BCUT2D eigenvalue weighted by atomic mass is 9.88. The van der Waals surface area contributed by atoms with Crippen LogP contribution >= 0.6 is 0 Å². The van der Waals surface area contributed by atoms with Crippen molar-refractivity contribution in [3.05, 3.63) is 47.5 Å². The lowest BCUT2D eigenvalue weighted by molar-refractivity contribution is -0.134. The molecule has 1 saturated heterocycles. The molecule has 0 atom stereocenters. The minimum Gasteiger partial charge on any atom is -0.478 e. The molecule has 0 unspecified atom stereocenters. The second kappa shape index (κ2) is 9.52. The van der Waals surface area contributed by atoms with Crippen LogP contribution in [0.2, 0.25) is 0 Å². The third-order valence-electron chi connectivity index (χ3n) is 5.40. The van der Waals surface area contributed by atoms with Gasteiger partial charge >= 0.3 is 11.9 Å². The van der Waals surface area contributed by atoms with Crippen LogP contribution in [0.5, 0.6) is 0 Å². The summed E-state index contributed by atoms with van der Waals surface area (Å²) >= 11 is 0. The standard InChI is InChI=1S/C18H23N3.C4H4O4/c19-13-9-11-21(12-10-13)18-16-7-2-1-5-14(16)15-6-3-4-8-17(15)20-18;5-3(6)1-2-4(7)8/h3-4,6,8,13H,1-2,5,7,9-12,19H2;1-2H,(H,5,6)(H,7,8)/b;2-1+. The summed E-state index contributed by atoms with van der Waals surface area (Å²) in [7, 11) is 0. The number of carbonyl (C=O) groups is 2. The second-order valence-electron chi connectivity index (χ2n) is 7.45. The van der Waals surface area contributed by atoms with Crippen LogP contribution in [-0.4, -0.2) is 46.3 Å². The first kappa shape index (κ1) is 20.8. The van der Waals surface area contributed by atoms with Crippen molar-refractivity contribution in [3.63, 3.8) is 0 Å². The molecule has 0 saturated carbocycles. The highest BCUT2D eigenvalue weighted by atomic mass is 16.4. The van der Waals surface area contributed by atoms with Crippen LogP contribution < -0.4 is 10.6 Å². The number of fused-ring (bicyclic) bond motifs is 3. The van der Waals surface area contributed by atoms with Crippen molar-refractivity contribution in [2.24, 2.45) is 5.73 Å². The number of hydrogen-bond acceptors (Lipinski definition) is 5. The Labute approximate surface area is 169 Å². The van der Waals surface area contributed by atoms with Crippen molar-refractivity contribution in [2.75, 3.05) is 18.0 Å². The van der Waals surface area contributed by atoms with Gasteiger partial charge in [0.05, 0.1) is 5.52 Å². The number of aryl methyl sites for hydroxylation is 1. The Kier molecular flexibility index (Phi) is 6.82. The van der Waals surface area contributed by atoms with Crippen LogP contribution in [0.3, 0.4) is 0 Å². The van der Waals surface area contributed by atoms with Crippen molar-refractivity contribution in [3.8, 4) is 0 Å². The Bertz CT molecular complexity index is 902. The molecule has 7 heteroatoms. The van der Waals surface area contributed by atoms with E-state index in [-0.39, 0.29) is 0 Å². The fourth-order valence-corrected chi connectivity index (χ4v) is 3.97. The van der Waals surface area contributed by atoms with Crippen LogP contribution in [-0.2, 0) is 22.4 Å². The average molecular weight is 397 g/mol. The van der Waals surface area contributed by atoms with E-state index >= 15 is 0 Å². The number of aliphatic carboxylic acids is 2. The second-order valence-corrected chi connectivity index (χ2v) is 7.45. The largest absolute Gasteiger partial charge is 0.478 e. The van der Waals surface area contributed by atoms with Gasteiger partial charge < -0.3 is 20.8 Å². The van der Waals surface area contributed by atoms with E-state index in [4.69, 9.17) is 20.9 Å². The van der Waals surface area contributed by atoms with Gasteiger partial charge in [-0.2, -0.15) is 0 Å². The quantitative estimate of drug-likeness (QED) is 0.682. The maximum atomic E-state index is 9.55. The van der Waals surface area contributed by atoms with Gasteiger partial charge in [0.1, 0.15) is 5.82 Å². The van der Waals surface area contributed by atoms with Crippen LogP contribution in [0.15, 0.2) is 36.4 Å². The van der Waals surface area contributed by atoms with Crippen LogP contribution in [0, 0.1) is 0 Å². The minimum absolute atomic E-state index is 0.373. The number of para-hydroxylation sites is 1. The number of aromatic nitrogens is 1. The first-order chi connectivity index (χ1) is 14.0. The maximum absolute atomic E-state index is 9.55. The van der Waals surface area contributed by atoms with Gasteiger partial charge in [0.15, 0.2) is 0 Å². The first-order valence-electron chi connectivity index (χ1n) is 10.0. The number of carboxylic acids is 2. The Morgan fingerprint density at radius 2 is 1.59 bits per heavy atom. The summed E-state index contributed by atoms with van der Waals surface area (Å²) in [4.78, 5) is 26.6. The van der Waals surface area contributed by atoms with Gasteiger partial charge in [0.25, 0.3) is 0 Å². The van der Waals surface area contributed by atoms with Crippen LogP contribution in [0.25, 0.3) is 10.9 Å². The molecular weight excluding hydrogens is 370 g/mol. The first-order valence-corrected chi connectivity index (χ1v) is 10.0. The average Bonchev–Trinajstić information content (AvgIpc) is 2.73. The van der Waals surface area contributed by atoms with E-state index in [1.54, 1.807) is 5.56 Å². The molecule has 1 aromatic carbocycles. The molecule has 7 nitrogen and oxygen atoms in total. The molecule has 1 aromatic heterocycles. The molecule has 2 heterocycles. The molecule has 0 amide bonds. The third kappa shape index (κ3) is 5.32. The number of rotatable bonds is 3. The molecule has 1 aliphatic heterocycles. The number of piperidine rings is 1. The summed E-state index contributed by atoms with van der Waals surface area (Å²) in [6.45, 7) is 2.11. The highest BCUT2D eigenvalue weighted by Gasteiger charge is 2.24. The lowest BCUT2D eigenvalue weighted by Gasteiger charge is -2.34. The van der Waals surface area contributed by atoms with Crippen molar-refractivity contribution in [2.45, 2.75) is 44.6 Å². The Hall–Kier alpha value is -2.93. The van der Waals surface area contributed by atoms with Gasteiger partial charge in [0.2, 0.25) is 0 Å². The predicted octanol–water partition coefficient (Wildman–Crippen LogP) is 2.75. The summed E-state index contributed by atoms with van der Waals surface area (Å²) in [6, 6.07) is 9.00. The summed E-state index contributed by atoms with van der Waals surface area (Å²) in [5, 5.41) is 17.0. The molecule has 0 bridgehead atoms. The Balaban J connectivity index is 0.000000258. The number of pyridine rings is 1. The summed E-state index contributed by atoms with van der Waals surface area (Å²) in [5.74, 6) is -1.27. The summed E-state index contributed by atoms with van der Waals surface area (Å²) in [6.07, 6.45) is 8.29. The Morgan fingerprint density at radius 3 is 2.21 bits per heavy atom. The molecule has 0 radical (unpaired) electrons. The molecule has 4 rings (SSSR count). The molecular formula is C22H27N3O4. The normalized spacial score (nSPS) is 16.9. The number of nitrogens with two attached hydrogens (primary N) is 1. The van der Waals surface area contributed by atoms with Crippen molar-refractivity contribution in [1.82, 2.24) is 4.98 Å². The van der Waals surface area contributed by atoms with Crippen molar-refractivity contribution >= 4 is 28.7 Å². The van der Waals surface area contributed by atoms with Gasteiger partial charge in [-0.05, 0) is 55.7 Å². The van der Waals surface area contributed by atoms with Crippen molar-refractivity contribution < 1.29 is 19.8 Å². The zero-order valence-electron chi connectivity index (χ0n) is 16.4. The third-order valence-corrected chi connectivity index (χ3v) is 5.40. The molecule has 2 aromatic rings. The van der Waals surface area contributed by atoms with Crippen LogP contribution in [0.4, 0.5) is 5.82 Å². The lowest BCUT2D eigenvalue weighted by Crippen LogP contribution is -2.40. The number of nitrogens with zero attached hydrogens (tertiary/aromatic N) is 2. The molecule has 154 valence electrons. The van der Waals surface area contributed by atoms with E-state index in [2.05, 4.69) is 29.2 Å². The number of anilines is 1. The molecule has 1 fully saturated rings. The fourth-order valence-electron chi connectivity index (χ4n) is 3.97. The molecule has 4 N–H and O–H groups in total. The minimum atomic E-state index is -1.26. The van der Waals surface area contributed by atoms with Gasteiger partial charge in [0, 0.05) is 36.7 Å². The number of carboxylic acid groups (broad SMARTS) is 2. The zero-order chi connectivity index (χ0) is 20.8. The smallest absolute Gasteiger partial charge is 0.328 e. The fraction of sp³-hybridized carbons (Fsp3) is 0.409. The molecule has 2 aliphatic rings. The van der Waals surface area contributed by atoms with E-state index in [1.165, 1.54) is 42.5 Å². The zero-order valence-corrected chi connectivity index (χ0v) is 16.4. The highest BCUT2D eigenvalue weighted by Crippen LogP contribution is 2.35.